The lowest BCUT2D eigenvalue weighted by Gasteiger charge is -2.06. The normalized spacial score (nSPS) is 9.71. The predicted octanol–water partition coefficient (Wildman–Crippen LogP) is 3.37. The Morgan fingerprint density at radius 2 is 2.00 bits per heavy atom. The minimum absolute atomic E-state index is 0.314. The maximum atomic E-state index is 13.8. The fourth-order valence-electron chi connectivity index (χ4n) is 1.61. The van der Waals surface area contributed by atoms with E-state index < -0.39 is 5.82 Å². The van der Waals surface area contributed by atoms with Gasteiger partial charge in [-0.05, 0) is 29.8 Å². The molecule has 0 fully saturated rings. The summed E-state index contributed by atoms with van der Waals surface area (Å²) in [5.41, 5.74) is 1.50. The number of nitriles is 1. The van der Waals surface area contributed by atoms with E-state index in [2.05, 4.69) is 0 Å². The zero-order valence-corrected chi connectivity index (χ0v) is 9.27. The van der Waals surface area contributed by atoms with Crippen molar-refractivity contribution in [2.75, 3.05) is 7.11 Å². The lowest BCUT2D eigenvalue weighted by atomic mass is 10.0. The molecule has 0 amide bonds. The van der Waals surface area contributed by atoms with Crippen LogP contribution in [-0.4, -0.2) is 7.11 Å². The first-order valence-corrected chi connectivity index (χ1v) is 5.08. The van der Waals surface area contributed by atoms with Crippen molar-refractivity contribution >= 4 is 0 Å². The lowest BCUT2D eigenvalue weighted by molar-refractivity contribution is 0.415. The van der Waals surface area contributed by atoms with Crippen molar-refractivity contribution in [1.29, 1.82) is 5.26 Å². The Kier molecular flexibility index (Phi) is 3.06. The molecule has 0 aliphatic carbocycles. The van der Waals surface area contributed by atoms with Gasteiger partial charge in [0.15, 0.2) is 0 Å². The Balaban J connectivity index is 2.49. The molecule has 0 atom stereocenters. The molecule has 17 heavy (non-hydrogen) atoms. The molecule has 0 aliphatic rings. The molecular formula is C14H10FNO. The highest BCUT2D eigenvalue weighted by atomic mass is 19.1. The third kappa shape index (κ3) is 2.26. The van der Waals surface area contributed by atoms with Crippen molar-refractivity contribution in [3.8, 4) is 22.9 Å². The van der Waals surface area contributed by atoms with E-state index in [1.54, 1.807) is 43.5 Å². The number of hydrogen-bond donors (Lipinski definition) is 0. The molecule has 2 aromatic carbocycles. The summed E-state index contributed by atoms with van der Waals surface area (Å²) in [7, 11) is 1.56. The van der Waals surface area contributed by atoms with Crippen molar-refractivity contribution in [2.24, 2.45) is 0 Å². The average molecular weight is 227 g/mol. The van der Waals surface area contributed by atoms with Crippen molar-refractivity contribution in [2.45, 2.75) is 0 Å². The van der Waals surface area contributed by atoms with Crippen LogP contribution in [0.3, 0.4) is 0 Å². The van der Waals surface area contributed by atoms with Gasteiger partial charge < -0.3 is 4.74 Å². The van der Waals surface area contributed by atoms with Crippen LogP contribution in [0, 0.1) is 17.1 Å². The first kappa shape index (κ1) is 11.2. The van der Waals surface area contributed by atoms with Crippen LogP contribution in [0.2, 0.25) is 0 Å². The molecule has 0 aromatic heterocycles. The van der Waals surface area contributed by atoms with Gasteiger partial charge in [0, 0.05) is 5.56 Å². The van der Waals surface area contributed by atoms with E-state index in [1.165, 1.54) is 6.07 Å². The largest absolute Gasteiger partial charge is 0.497 e. The van der Waals surface area contributed by atoms with E-state index in [0.717, 1.165) is 5.56 Å². The number of rotatable bonds is 2. The second kappa shape index (κ2) is 4.67. The lowest BCUT2D eigenvalue weighted by Crippen LogP contribution is -1.88. The van der Waals surface area contributed by atoms with Crippen LogP contribution in [0.4, 0.5) is 4.39 Å². The van der Waals surface area contributed by atoms with E-state index in [0.29, 0.717) is 16.9 Å². The highest BCUT2D eigenvalue weighted by Gasteiger charge is 2.06. The summed E-state index contributed by atoms with van der Waals surface area (Å²) < 4.78 is 18.9. The topological polar surface area (TPSA) is 33.0 Å². The molecule has 0 radical (unpaired) electrons. The molecule has 0 bridgehead atoms. The summed E-state index contributed by atoms with van der Waals surface area (Å²) in [5.74, 6) is 0.267. The molecule has 84 valence electrons. The summed E-state index contributed by atoms with van der Waals surface area (Å²) in [6.45, 7) is 0. The molecule has 0 spiro atoms. The number of methoxy groups -OCH3 is 1. The third-order valence-electron chi connectivity index (χ3n) is 2.48. The van der Waals surface area contributed by atoms with E-state index in [1.807, 2.05) is 6.07 Å². The zero-order valence-electron chi connectivity index (χ0n) is 9.27. The van der Waals surface area contributed by atoms with Crippen molar-refractivity contribution in [3.63, 3.8) is 0 Å². The van der Waals surface area contributed by atoms with Crippen LogP contribution in [0.5, 0.6) is 5.75 Å². The Bertz CT molecular complexity index is 587. The number of hydrogen-bond acceptors (Lipinski definition) is 2. The smallest absolute Gasteiger partial charge is 0.132 e. The summed E-state index contributed by atoms with van der Waals surface area (Å²) >= 11 is 0. The summed E-state index contributed by atoms with van der Waals surface area (Å²) in [4.78, 5) is 0. The maximum absolute atomic E-state index is 13.8. The highest BCUT2D eigenvalue weighted by Crippen LogP contribution is 2.26. The Morgan fingerprint density at radius 1 is 1.18 bits per heavy atom. The molecule has 0 N–H and O–H groups in total. The number of ether oxygens (including phenoxy) is 1. The molecule has 0 unspecified atom stereocenters. The number of nitrogens with zero attached hydrogens (tertiary/aromatic N) is 1. The van der Waals surface area contributed by atoms with Crippen LogP contribution in [0.15, 0.2) is 42.5 Å². The van der Waals surface area contributed by atoms with Crippen LogP contribution in [0.1, 0.15) is 5.56 Å². The summed E-state index contributed by atoms with van der Waals surface area (Å²) in [6.07, 6.45) is 0. The molecule has 2 aromatic rings. The predicted molar refractivity (Wildman–Crippen MR) is 63.1 cm³/mol. The minimum atomic E-state index is -0.405. The van der Waals surface area contributed by atoms with Gasteiger partial charge in [0.25, 0.3) is 0 Å². The maximum Gasteiger partial charge on any atom is 0.132 e. The van der Waals surface area contributed by atoms with Crippen LogP contribution in [0.25, 0.3) is 11.1 Å². The second-order valence-electron chi connectivity index (χ2n) is 3.54. The first-order chi connectivity index (χ1) is 8.24. The highest BCUT2D eigenvalue weighted by molar-refractivity contribution is 5.66. The van der Waals surface area contributed by atoms with E-state index in [4.69, 9.17) is 10.00 Å². The Hall–Kier alpha value is -2.34. The zero-order chi connectivity index (χ0) is 12.3. The average Bonchev–Trinajstić information content (AvgIpc) is 2.38. The van der Waals surface area contributed by atoms with Gasteiger partial charge in [0.1, 0.15) is 11.6 Å². The number of benzene rings is 2. The molecule has 0 aliphatic heterocycles. The van der Waals surface area contributed by atoms with E-state index in [-0.39, 0.29) is 0 Å². The van der Waals surface area contributed by atoms with Gasteiger partial charge in [-0.15, -0.1) is 0 Å². The van der Waals surface area contributed by atoms with Crippen molar-refractivity contribution in [1.82, 2.24) is 0 Å². The monoisotopic (exact) mass is 227 g/mol. The van der Waals surface area contributed by atoms with Crippen molar-refractivity contribution in [3.05, 3.63) is 53.8 Å². The fraction of sp³-hybridized carbons (Fsp3) is 0.0714. The molecule has 2 rings (SSSR count). The van der Waals surface area contributed by atoms with Gasteiger partial charge in [0.05, 0.1) is 18.7 Å². The van der Waals surface area contributed by atoms with Gasteiger partial charge in [-0.1, -0.05) is 18.2 Å². The van der Waals surface area contributed by atoms with Crippen molar-refractivity contribution < 1.29 is 9.13 Å². The Morgan fingerprint density at radius 3 is 2.65 bits per heavy atom. The molecule has 0 saturated heterocycles. The number of halogens is 1. The van der Waals surface area contributed by atoms with Gasteiger partial charge >= 0.3 is 0 Å². The molecule has 0 saturated carbocycles. The first-order valence-electron chi connectivity index (χ1n) is 5.08. The molecular weight excluding hydrogens is 217 g/mol. The van der Waals surface area contributed by atoms with Gasteiger partial charge in [0.2, 0.25) is 0 Å². The van der Waals surface area contributed by atoms with E-state index in [9.17, 15) is 4.39 Å². The van der Waals surface area contributed by atoms with Gasteiger partial charge in [-0.3, -0.25) is 0 Å². The Labute approximate surface area is 98.9 Å². The fourth-order valence-corrected chi connectivity index (χ4v) is 1.61. The van der Waals surface area contributed by atoms with Crippen LogP contribution in [-0.2, 0) is 0 Å². The molecule has 0 heterocycles. The molecule has 2 nitrogen and oxygen atoms in total. The minimum Gasteiger partial charge on any atom is -0.497 e. The van der Waals surface area contributed by atoms with Gasteiger partial charge in [-0.2, -0.15) is 5.26 Å². The SMILES string of the molecule is COc1cccc(-c2ccc(C#N)cc2F)c1. The van der Waals surface area contributed by atoms with Gasteiger partial charge in [-0.25, -0.2) is 4.39 Å². The standard InChI is InChI=1S/C14H10FNO/c1-17-12-4-2-3-11(8-12)13-6-5-10(9-16)7-14(13)15/h2-8H,1H3. The third-order valence-corrected chi connectivity index (χ3v) is 2.48. The van der Waals surface area contributed by atoms with E-state index >= 15 is 0 Å². The summed E-state index contributed by atoms with van der Waals surface area (Å²) in [6, 6.07) is 13.5. The quantitative estimate of drug-likeness (QED) is 0.788. The second-order valence-corrected chi connectivity index (χ2v) is 3.54. The van der Waals surface area contributed by atoms with Crippen LogP contribution >= 0.6 is 0 Å². The molecule has 3 heteroatoms. The van der Waals surface area contributed by atoms with Crippen LogP contribution < -0.4 is 4.74 Å². The summed E-state index contributed by atoms with van der Waals surface area (Å²) in [5, 5.41) is 8.67.